The lowest BCUT2D eigenvalue weighted by Gasteiger charge is -2.25. The number of carbonyl (C=O) groups is 3. The molecule has 1 aromatic rings. The van der Waals surface area contributed by atoms with Crippen LogP contribution in [0.1, 0.15) is 39.5 Å². The van der Waals surface area contributed by atoms with E-state index in [2.05, 4.69) is 10.6 Å². The van der Waals surface area contributed by atoms with Gasteiger partial charge in [0, 0.05) is 30.8 Å². The van der Waals surface area contributed by atoms with Crippen LogP contribution in [0.25, 0.3) is 0 Å². The van der Waals surface area contributed by atoms with E-state index in [1.54, 1.807) is 29.2 Å². The Hall–Kier alpha value is -2.37. The average molecular weight is 331 g/mol. The van der Waals surface area contributed by atoms with Crippen LogP contribution in [-0.4, -0.2) is 35.7 Å². The van der Waals surface area contributed by atoms with Gasteiger partial charge in [-0.15, -0.1) is 0 Å². The van der Waals surface area contributed by atoms with Gasteiger partial charge >= 0.3 is 0 Å². The van der Waals surface area contributed by atoms with Crippen LogP contribution < -0.4 is 10.6 Å². The number of piperidine rings is 1. The standard InChI is InChI=1S/C18H25N3O3/c1-13(2)11-16(22)19-14-6-8-15(9-7-14)20-17(23)12-21-10-4-3-5-18(21)24/h6-9,13H,3-5,10-12H2,1-2H3,(H,19,22)(H,20,23). The van der Waals surface area contributed by atoms with Gasteiger partial charge in [-0.25, -0.2) is 0 Å². The third-order valence-electron chi connectivity index (χ3n) is 3.80. The Kier molecular flexibility index (Phi) is 6.35. The van der Waals surface area contributed by atoms with Crippen LogP contribution >= 0.6 is 0 Å². The first-order chi connectivity index (χ1) is 11.4. The number of nitrogens with zero attached hydrogens (tertiary/aromatic N) is 1. The molecule has 2 N–H and O–H groups in total. The fourth-order valence-corrected chi connectivity index (χ4v) is 2.62. The Morgan fingerprint density at radius 2 is 1.62 bits per heavy atom. The molecule has 1 aliphatic rings. The molecular formula is C18H25N3O3. The Morgan fingerprint density at radius 1 is 1.04 bits per heavy atom. The first kappa shape index (κ1) is 18.0. The van der Waals surface area contributed by atoms with Crippen LogP contribution in [0.5, 0.6) is 0 Å². The van der Waals surface area contributed by atoms with Crippen molar-refractivity contribution in [3.05, 3.63) is 24.3 Å². The number of anilines is 2. The Morgan fingerprint density at radius 3 is 2.17 bits per heavy atom. The van der Waals surface area contributed by atoms with Crippen molar-refractivity contribution in [3.8, 4) is 0 Å². The van der Waals surface area contributed by atoms with Gasteiger partial charge < -0.3 is 15.5 Å². The fraction of sp³-hybridized carbons (Fsp3) is 0.500. The molecule has 1 heterocycles. The molecule has 6 nitrogen and oxygen atoms in total. The summed E-state index contributed by atoms with van der Waals surface area (Å²) >= 11 is 0. The molecule has 0 unspecified atom stereocenters. The van der Waals surface area contributed by atoms with Gasteiger partial charge in [-0.2, -0.15) is 0 Å². The fourth-order valence-electron chi connectivity index (χ4n) is 2.62. The van der Waals surface area contributed by atoms with Crippen molar-refractivity contribution >= 4 is 29.1 Å². The van der Waals surface area contributed by atoms with Gasteiger partial charge in [0.25, 0.3) is 0 Å². The summed E-state index contributed by atoms with van der Waals surface area (Å²) in [5.41, 5.74) is 1.34. The van der Waals surface area contributed by atoms with Gasteiger partial charge in [-0.3, -0.25) is 14.4 Å². The first-order valence-electron chi connectivity index (χ1n) is 8.41. The monoisotopic (exact) mass is 331 g/mol. The van der Waals surface area contributed by atoms with Crippen molar-refractivity contribution in [2.24, 2.45) is 5.92 Å². The van der Waals surface area contributed by atoms with Crippen molar-refractivity contribution in [1.82, 2.24) is 4.90 Å². The lowest BCUT2D eigenvalue weighted by atomic mass is 10.1. The molecule has 0 atom stereocenters. The zero-order chi connectivity index (χ0) is 17.5. The molecule has 1 aromatic carbocycles. The van der Waals surface area contributed by atoms with Gasteiger partial charge in [-0.05, 0) is 43.0 Å². The molecule has 24 heavy (non-hydrogen) atoms. The lowest BCUT2D eigenvalue weighted by Crippen LogP contribution is -2.40. The second-order valence-corrected chi connectivity index (χ2v) is 6.54. The second-order valence-electron chi connectivity index (χ2n) is 6.54. The SMILES string of the molecule is CC(C)CC(=O)Nc1ccc(NC(=O)CN2CCCCC2=O)cc1. The first-order valence-corrected chi connectivity index (χ1v) is 8.41. The van der Waals surface area contributed by atoms with E-state index in [1.807, 2.05) is 13.8 Å². The van der Waals surface area contributed by atoms with Gasteiger partial charge in [0.15, 0.2) is 0 Å². The number of nitrogens with one attached hydrogen (secondary N) is 2. The summed E-state index contributed by atoms with van der Waals surface area (Å²) in [7, 11) is 0. The van der Waals surface area contributed by atoms with E-state index < -0.39 is 0 Å². The molecule has 0 aromatic heterocycles. The minimum absolute atomic E-state index is 0.0228. The van der Waals surface area contributed by atoms with Gasteiger partial charge in [-0.1, -0.05) is 13.8 Å². The number of benzene rings is 1. The summed E-state index contributed by atoms with van der Waals surface area (Å²) in [6.45, 7) is 4.72. The minimum atomic E-state index is -0.207. The number of carbonyl (C=O) groups excluding carboxylic acids is 3. The molecule has 6 heteroatoms. The normalized spacial score (nSPS) is 14.6. The summed E-state index contributed by atoms with van der Waals surface area (Å²) in [6, 6.07) is 6.97. The lowest BCUT2D eigenvalue weighted by molar-refractivity contribution is -0.136. The number of hydrogen-bond donors (Lipinski definition) is 2. The largest absolute Gasteiger partial charge is 0.333 e. The number of rotatable bonds is 6. The molecule has 0 bridgehead atoms. The summed E-state index contributed by atoms with van der Waals surface area (Å²) < 4.78 is 0. The van der Waals surface area contributed by atoms with Crippen LogP contribution in [-0.2, 0) is 14.4 Å². The molecule has 2 rings (SSSR count). The number of hydrogen-bond acceptors (Lipinski definition) is 3. The topological polar surface area (TPSA) is 78.5 Å². The molecule has 0 saturated carbocycles. The number of likely N-dealkylation sites (tertiary alicyclic amines) is 1. The highest BCUT2D eigenvalue weighted by molar-refractivity contribution is 5.95. The zero-order valence-corrected chi connectivity index (χ0v) is 14.3. The van der Waals surface area contributed by atoms with Crippen LogP contribution in [0.2, 0.25) is 0 Å². The van der Waals surface area contributed by atoms with Crippen LogP contribution in [0.4, 0.5) is 11.4 Å². The van der Waals surface area contributed by atoms with E-state index in [4.69, 9.17) is 0 Å². The van der Waals surface area contributed by atoms with E-state index in [-0.39, 0.29) is 24.3 Å². The van der Waals surface area contributed by atoms with Crippen molar-refractivity contribution < 1.29 is 14.4 Å². The van der Waals surface area contributed by atoms with Crippen molar-refractivity contribution in [1.29, 1.82) is 0 Å². The predicted molar refractivity (Wildman–Crippen MR) is 93.6 cm³/mol. The molecular weight excluding hydrogens is 306 g/mol. The Balaban J connectivity index is 1.83. The van der Waals surface area contributed by atoms with Crippen molar-refractivity contribution in [2.45, 2.75) is 39.5 Å². The maximum atomic E-state index is 12.0. The molecule has 130 valence electrons. The van der Waals surface area contributed by atoms with E-state index in [0.29, 0.717) is 36.7 Å². The molecule has 0 aliphatic carbocycles. The van der Waals surface area contributed by atoms with Crippen LogP contribution in [0, 0.1) is 5.92 Å². The molecule has 0 radical (unpaired) electrons. The van der Waals surface area contributed by atoms with Crippen LogP contribution in [0.3, 0.4) is 0 Å². The molecule has 1 saturated heterocycles. The number of amides is 3. The Labute approximate surface area is 142 Å². The van der Waals surface area contributed by atoms with Gasteiger partial charge in [0.05, 0.1) is 6.54 Å². The molecule has 3 amide bonds. The predicted octanol–water partition coefficient (Wildman–Crippen LogP) is 2.62. The third kappa shape index (κ3) is 5.68. The smallest absolute Gasteiger partial charge is 0.243 e. The maximum absolute atomic E-state index is 12.0. The van der Waals surface area contributed by atoms with Crippen LogP contribution in [0.15, 0.2) is 24.3 Å². The van der Waals surface area contributed by atoms with Gasteiger partial charge in [0.2, 0.25) is 17.7 Å². The molecule has 1 aliphatic heterocycles. The highest BCUT2D eigenvalue weighted by atomic mass is 16.2. The van der Waals surface area contributed by atoms with Crippen molar-refractivity contribution in [2.75, 3.05) is 23.7 Å². The van der Waals surface area contributed by atoms with E-state index in [9.17, 15) is 14.4 Å². The summed E-state index contributed by atoms with van der Waals surface area (Å²) in [5.74, 6) is 0.118. The Bertz CT molecular complexity index is 596. The third-order valence-corrected chi connectivity index (χ3v) is 3.80. The minimum Gasteiger partial charge on any atom is -0.333 e. The van der Waals surface area contributed by atoms with E-state index >= 15 is 0 Å². The average Bonchev–Trinajstić information content (AvgIpc) is 2.51. The second kappa shape index (κ2) is 8.47. The van der Waals surface area contributed by atoms with Gasteiger partial charge in [0.1, 0.15) is 0 Å². The maximum Gasteiger partial charge on any atom is 0.243 e. The van der Waals surface area contributed by atoms with E-state index in [1.165, 1.54) is 0 Å². The zero-order valence-electron chi connectivity index (χ0n) is 14.3. The quantitative estimate of drug-likeness (QED) is 0.841. The van der Waals surface area contributed by atoms with E-state index in [0.717, 1.165) is 12.8 Å². The summed E-state index contributed by atoms with van der Waals surface area (Å²) in [5, 5.41) is 5.60. The highest BCUT2D eigenvalue weighted by Gasteiger charge is 2.20. The summed E-state index contributed by atoms with van der Waals surface area (Å²) in [4.78, 5) is 37.1. The van der Waals surface area contributed by atoms with Crippen molar-refractivity contribution in [3.63, 3.8) is 0 Å². The molecule has 0 spiro atoms. The molecule has 1 fully saturated rings. The summed E-state index contributed by atoms with van der Waals surface area (Å²) in [6.07, 6.45) is 2.85. The highest BCUT2D eigenvalue weighted by Crippen LogP contribution is 2.15.